The largest absolute Gasteiger partial charge is 0.163 e. The predicted octanol–water partition coefficient (Wildman–Crippen LogP) is 11.4. The second-order valence-corrected chi connectivity index (χ2v) is 22.5. The van der Waals surface area contributed by atoms with Crippen LogP contribution in [0.15, 0.2) is 24.3 Å². The Labute approximate surface area is 246 Å². The van der Waals surface area contributed by atoms with Gasteiger partial charge < -0.3 is 0 Å². The van der Waals surface area contributed by atoms with Gasteiger partial charge in [-0.05, 0) is 54.7 Å². The molecule has 0 saturated carbocycles. The summed E-state index contributed by atoms with van der Waals surface area (Å²) in [5, 5.41) is 3.19. The Morgan fingerprint density at radius 1 is 0.410 bits per heavy atom. The van der Waals surface area contributed by atoms with Gasteiger partial charge in [0.25, 0.3) is 0 Å². The average molecular weight is 568 g/mol. The second kappa shape index (κ2) is 10.7. The Balaban J connectivity index is 3.17. The van der Waals surface area contributed by atoms with E-state index in [1.807, 2.05) is 0 Å². The lowest BCUT2D eigenvalue weighted by Gasteiger charge is -2.32. The van der Waals surface area contributed by atoms with Crippen molar-refractivity contribution in [1.29, 1.82) is 0 Å². The van der Waals surface area contributed by atoms with Gasteiger partial charge >= 0.3 is 0 Å². The number of hydrogen-bond donors (Lipinski definition) is 0. The molecule has 0 amide bonds. The monoisotopic (exact) mass is 567 g/mol. The highest BCUT2D eigenvalue weighted by Crippen LogP contribution is 2.45. The Morgan fingerprint density at radius 3 is 0.897 bits per heavy atom. The molecule has 0 saturated heterocycles. The molecule has 0 heterocycles. The van der Waals surface area contributed by atoms with E-state index in [0.717, 1.165) is 0 Å². The summed E-state index contributed by atoms with van der Waals surface area (Å²) >= 11 is 0. The summed E-state index contributed by atoms with van der Waals surface area (Å²) in [6, 6.07) is 10.2. The van der Waals surface area contributed by atoms with Gasteiger partial charge in [0.1, 0.15) is 6.66 Å². The highest BCUT2D eigenvalue weighted by atomic mass is 31.8. The maximum absolute atomic E-state index is 2.55. The predicted molar refractivity (Wildman–Crippen MR) is 184 cm³/mol. The fraction of sp³-hybridized carbons (Fsp3) is 0.676. The number of hydrogen-bond acceptors (Lipinski definition) is 0. The van der Waals surface area contributed by atoms with Crippen molar-refractivity contribution in [2.24, 2.45) is 0 Å². The van der Waals surface area contributed by atoms with E-state index in [1.54, 1.807) is 21.7 Å². The quantitative estimate of drug-likeness (QED) is 0.317. The van der Waals surface area contributed by atoms with Crippen molar-refractivity contribution in [2.75, 3.05) is 6.66 Å². The number of rotatable bonds is 2. The molecule has 0 bridgehead atoms. The third kappa shape index (κ3) is 8.08. The molecular weight excluding hydrogens is 506 g/mol. The van der Waals surface area contributed by atoms with E-state index in [9.17, 15) is 0 Å². The van der Waals surface area contributed by atoms with Gasteiger partial charge in [0.2, 0.25) is 0 Å². The summed E-state index contributed by atoms with van der Waals surface area (Å²) in [4.78, 5) is 0. The van der Waals surface area contributed by atoms with Gasteiger partial charge in [-0.2, -0.15) is 0 Å². The van der Waals surface area contributed by atoms with Crippen LogP contribution in [-0.2, 0) is 32.5 Å². The van der Waals surface area contributed by atoms with Crippen LogP contribution in [0.2, 0.25) is 0 Å². The van der Waals surface area contributed by atoms with Gasteiger partial charge in [0.15, 0.2) is 20.4 Å². The van der Waals surface area contributed by atoms with Crippen LogP contribution in [0.3, 0.4) is 0 Å². The fourth-order valence-corrected chi connectivity index (χ4v) is 10.5. The average Bonchev–Trinajstić information content (AvgIpc) is 2.68. The molecule has 1 unspecified atom stereocenters. The molecule has 0 fully saturated rings. The van der Waals surface area contributed by atoms with Crippen LogP contribution in [0, 0.1) is 0 Å². The maximum atomic E-state index is 2.55. The van der Waals surface area contributed by atoms with Crippen molar-refractivity contribution in [3.8, 4) is 0 Å². The van der Waals surface area contributed by atoms with Gasteiger partial charge in [0.05, 0.1) is 5.30 Å². The summed E-state index contributed by atoms with van der Waals surface area (Å²) < 4.78 is 0. The van der Waals surface area contributed by atoms with E-state index < -0.39 is 7.21 Å². The Morgan fingerprint density at radius 2 is 0.667 bits per heavy atom. The van der Waals surface area contributed by atoms with Crippen LogP contribution in [0.5, 0.6) is 0 Å². The Hall–Kier alpha value is -0.960. The van der Waals surface area contributed by atoms with Crippen molar-refractivity contribution in [1.82, 2.24) is 0 Å². The molecule has 39 heavy (non-hydrogen) atoms. The molecule has 0 aliphatic carbocycles. The highest BCUT2D eigenvalue weighted by molar-refractivity contribution is 8.01. The first-order valence-corrected chi connectivity index (χ1v) is 18.3. The maximum Gasteiger partial charge on any atom is 0.163 e. The molecule has 0 N–H and O–H groups in total. The van der Waals surface area contributed by atoms with Crippen LogP contribution in [0.4, 0.5) is 0 Å². The molecular formula is C37H61P2+. The molecule has 0 aliphatic heterocycles. The van der Waals surface area contributed by atoms with Crippen molar-refractivity contribution >= 4 is 25.7 Å². The van der Waals surface area contributed by atoms with E-state index in [1.165, 1.54) is 30.1 Å². The molecule has 0 nitrogen and oxygen atoms in total. The van der Waals surface area contributed by atoms with Gasteiger partial charge in [0, 0.05) is 11.1 Å². The Kier molecular flexibility index (Phi) is 9.40. The normalized spacial score (nSPS) is 14.7. The molecule has 0 spiro atoms. The van der Waals surface area contributed by atoms with Crippen molar-refractivity contribution in [2.45, 2.75) is 157 Å². The van der Waals surface area contributed by atoms with E-state index >= 15 is 0 Å². The molecule has 0 aliphatic rings. The van der Waals surface area contributed by atoms with Gasteiger partial charge in [-0.15, -0.1) is 0 Å². The summed E-state index contributed by atoms with van der Waals surface area (Å²) in [5.74, 6) is 0. The molecule has 218 valence electrons. The van der Waals surface area contributed by atoms with Crippen molar-refractivity contribution in [3.05, 3.63) is 57.6 Å². The SMILES string of the molecule is C[P+](=Pc1c(C(C)(C)C)cc(C(C)(C)C)cc1C(C)(C)C)c1c(C(C)(C)C)cc(C(C)(C)C)cc1C(C)(C)C. The third-order valence-corrected chi connectivity index (χ3v) is 12.0. The fourth-order valence-electron chi connectivity index (χ4n) is 5.08. The number of benzene rings is 2. The molecule has 1 atom stereocenters. The van der Waals surface area contributed by atoms with Crippen molar-refractivity contribution in [3.63, 3.8) is 0 Å². The molecule has 2 rings (SSSR count). The van der Waals surface area contributed by atoms with Crippen LogP contribution < -0.4 is 10.6 Å². The lowest BCUT2D eigenvalue weighted by molar-refractivity contribution is 0.553. The zero-order valence-electron chi connectivity index (χ0n) is 29.2. The molecule has 2 heteroatoms. The van der Waals surface area contributed by atoms with Gasteiger partial charge in [-0.25, -0.2) is 0 Å². The third-order valence-electron chi connectivity index (χ3n) is 7.76. The van der Waals surface area contributed by atoms with Crippen LogP contribution in [0.25, 0.3) is 0 Å². The first-order chi connectivity index (χ1) is 17.1. The minimum absolute atomic E-state index is 0.0789. The zero-order valence-corrected chi connectivity index (χ0v) is 31.0. The minimum Gasteiger partial charge on any atom is -0.0561 e. The first kappa shape index (κ1) is 34.2. The van der Waals surface area contributed by atoms with Crippen molar-refractivity contribution < 1.29 is 0 Å². The smallest absolute Gasteiger partial charge is 0.0561 e. The minimum atomic E-state index is -0.463. The van der Waals surface area contributed by atoms with Crippen LogP contribution in [-0.4, -0.2) is 6.66 Å². The second-order valence-electron chi connectivity index (χ2n) is 18.0. The van der Waals surface area contributed by atoms with E-state index in [2.05, 4.69) is 156 Å². The van der Waals surface area contributed by atoms with Gasteiger partial charge in [-0.1, -0.05) is 149 Å². The summed E-state index contributed by atoms with van der Waals surface area (Å²) in [7, 11) is 1.01. The molecule has 2 aromatic rings. The Bertz CT molecular complexity index is 1160. The van der Waals surface area contributed by atoms with Crippen LogP contribution >= 0.6 is 15.1 Å². The van der Waals surface area contributed by atoms with Crippen LogP contribution in [0.1, 0.15) is 158 Å². The van der Waals surface area contributed by atoms with E-state index in [-0.39, 0.29) is 32.5 Å². The van der Waals surface area contributed by atoms with E-state index in [0.29, 0.717) is 0 Å². The summed E-state index contributed by atoms with van der Waals surface area (Å²) in [6.45, 7) is 45.5. The molecule has 0 aromatic heterocycles. The lowest BCUT2D eigenvalue weighted by atomic mass is 9.75. The summed E-state index contributed by atoms with van der Waals surface area (Å²) in [5.41, 5.74) is 9.61. The topological polar surface area (TPSA) is 0 Å². The molecule has 2 aromatic carbocycles. The first-order valence-electron chi connectivity index (χ1n) is 14.9. The highest BCUT2D eigenvalue weighted by Gasteiger charge is 2.36. The standard InChI is InChI=1S/C37H61P2/c1-32(2,3)24-20-26(34(7,8)9)30(27(21-24)35(10,11)12)38-39(19)31-28(36(13,14)15)22-25(33(4,5)6)23-29(31)37(16,17)18/h20-23H,1-19H3/q+1. The lowest BCUT2D eigenvalue weighted by Crippen LogP contribution is -2.31. The molecule has 0 radical (unpaired) electrons. The zero-order chi connectivity index (χ0) is 30.7. The summed E-state index contributed by atoms with van der Waals surface area (Å²) in [6.07, 6.45) is 0. The van der Waals surface area contributed by atoms with Gasteiger partial charge in [-0.3, -0.25) is 0 Å². The van der Waals surface area contributed by atoms with E-state index in [4.69, 9.17) is 0 Å².